The highest BCUT2D eigenvalue weighted by atomic mass is 35.5. The van der Waals surface area contributed by atoms with Crippen molar-refractivity contribution >= 4 is 40.6 Å². The van der Waals surface area contributed by atoms with E-state index in [0.717, 1.165) is 57.3 Å². The number of nitrogens with one attached hydrogen (secondary N) is 1. The predicted octanol–water partition coefficient (Wildman–Crippen LogP) is 5.78. The number of ether oxygens (including phenoxy) is 1. The largest absolute Gasteiger partial charge is 0.496 e. The molecule has 0 spiro atoms. The topological polar surface area (TPSA) is 84.7 Å². The van der Waals surface area contributed by atoms with E-state index in [0.29, 0.717) is 51.5 Å². The lowest BCUT2D eigenvalue weighted by molar-refractivity contribution is 0.0932. The van der Waals surface area contributed by atoms with E-state index in [1.807, 2.05) is 25.1 Å². The second kappa shape index (κ2) is 13.1. The quantitative estimate of drug-likeness (QED) is 0.223. The number of nitrogen functional groups attached to an aromatic ring is 1. The number of rotatable bonds is 11. The van der Waals surface area contributed by atoms with Crippen LogP contribution in [0.2, 0.25) is 10.0 Å². The van der Waals surface area contributed by atoms with Crippen LogP contribution < -0.4 is 15.8 Å². The van der Waals surface area contributed by atoms with Gasteiger partial charge in [-0.1, -0.05) is 35.7 Å². The number of aryl methyl sites for hydroxylation is 1. The van der Waals surface area contributed by atoms with Crippen LogP contribution in [0.4, 0.5) is 5.69 Å². The van der Waals surface area contributed by atoms with Crippen molar-refractivity contribution in [2.45, 2.75) is 45.4 Å². The van der Waals surface area contributed by atoms with E-state index in [2.05, 4.69) is 10.2 Å². The summed E-state index contributed by atoms with van der Waals surface area (Å²) >= 11 is 12.3. The summed E-state index contributed by atoms with van der Waals surface area (Å²) in [6.07, 6.45) is 5.61. The maximum Gasteiger partial charge on any atom is 0.255 e. The molecule has 8 heteroatoms. The summed E-state index contributed by atoms with van der Waals surface area (Å²) in [5.41, 5.74) is 8.27. The smallest absolute Gasteiger partial charge is 0.255 e. The lowest BCUT2D eigenvalue weighted by Gasteiger charge is -2.32. The molecular weight excluding hydrogens is 485 g/mol. The molecule has 1 heterocycles. The molecule has 1 saturated heterocycles. The van der Waals surface area contributed by atoms with Gasteiger partial charge in [-0.15, -0.1) is 0 Å². The summed E-state index contributed by atoms with van der Waals surface area (Å²) < 4.78 is 5.28. The van der Waals surface area contributed by atoms with Crippen molar-refractivity contribution in [1.82, 2.24) is 10.2 Å². The molecule has 0 radical (unpaired) electrons. The minimum Gasteiger partial charge on any atom is -0.496 e. The molecule has 0 atom stereocenters. The molecule has 1 amide bonds. The van der Waals surface area contributed by atoms with E-state index in [-0.39, 0.29) is 11.7 Å². The lowest BCUT2D eigenvalue weighted by Crippen LogP contribution is -2.39. The van der Waals surface area contributed by atoms with Crippen molar-refractivity contribution < 1.29 is 14.3 Å². The second-order valence-electron chi connectivity index (χ2n) is 9.29. The average molecular weight is 521 g/mol. The van der Waals surface area contributed by atoms with Crippen LogP contribution in [0.1, 0.15) is 64.8 Å². The van der Waals surface area contributed by atoms with E-state index in [4.69, 9.17) is 33.7 Å². The maximum absolute atomic E-state index is 12.6. The van der Waals surface area contributed by atoms with Gasteiger partial charge in [-0.05, 0) is 81.9 Å². The lowest BCUT2D eigenvalue weighted by atomic mass is 9.96. The van der Waals surface area contributed by atoms with Gasteiger partial charge < -0.3 is 20.7 Å². The Kier molecular flexibility index (Phi) is 10.3. The summed E-state index contributed by atoms with van der Waals surface area (Å²) in [5.74, 6) is 0.787. The van der Waals surface area contributed by atoms with E-state index in [9.17, 15) is 9.59 Å². The number of carbonyl (C=O) groups is 2. The fraction of sp³-hybridized carbons (Fsp3) is 0.481. The fourth-order valence-electron chi connectivity index (χ4n) is 4.44. The van der Waals surface area contributed by atoms with Gasteiger partial charge in [-0.25, -0.2) is 0 Å². The zero-order chi connectivity index (χ0) is 25.4. The third-order valence-corrected chi connectivity index (χ3v) is 7.27. The van der Waals surface area contributed by atoms with Crippen LogP contribution in [0.25, 0.3) is 0 Å². The number of Topliss-reactive ketones (excluding diaryl/α,β-unsaturated/α-hetero) is 1. The molecular formula is C27H35Cl2N3O3. The number of methoxy groups -OCH3 is 1. The van der Waals surface area contributed by atoms with Crippen molar-refractivity contribution in [2.75, 3.05) is 39.0 Å². The molecule has 2 aromatic rings. The van der Waals surface area contributed by atoms with Gasteiger partial charge in [-0.3, -0.25) is 9.59 Å². The summed E-state index contributed by atoms with van der Waals surface area (Å²) in [6, 6.07) is 8.72. The SMILES string of the molecule is COc1cc(N)c(Cl)cc1C(=O)NCC1CCN(CCCCCC(=O)c2ccc(C)cc2Cl)CC1. The van der Waals surface area contributed by atoms with Gasteiger partial charge in [0, 0.05) is 24.6 Å². The van der Waals surface area contributed by atoms with Crippen LogP contribution in [0.5, 0.6) is 5.75 Å². The Bertz CT molecular complexity index is 1040. The highest BCUT2D eigenvalue weighted by Crippen LogP contribution is 2.29. The number of likely N-dealkylation sites (tertiary alicyclic amines) is 1. The Morgan fingerprint density at radius 2 is 1.80 bits per heavy atom. The van der Waals surface area contributed by atoms with Gasteiger partial charge in [0.1, 0.15) is 5.75 Å². The molecule has 1 aliphatic heterocycles. The minimum atomic E-state index is -0.201. The molecule has 2 aromatic carbocycles. The molecule has 0 unspecified atom stereocenters. The number of nitrogens with zero attached hydrogens (tertiary/aromatic N) is 1. The molecule has 190 valence electrons. The van der Waals surface area contributed by atoms with Crippen molar-refractivity contribution in [3.8, 4) is 5.75 Å². The molecule has 0 aromatic heterocycles. The van der Waals surface area contributed by atoms with Crippen LogP contribution in [-0.4, -0.2) is 49.9 Å². The minimum absolute atomic E-state index is 0.122. The number of ketones is 1. The summed E-state index contributed by atoms with van der Waals surface area (Å²) in [7, 11) is 1.51. The molecule has 1 fully saturated rings. The molecule has 0 saturated carbocycles. The van der Waals surface area contributed by atoms with Gasteiger partial charge in [0.2, 0.25) is 0 Å². The number of anilines is 1. The van der Waals surface area contributed by atoms with Crippen LogP contribution in [0.3, 0.4) is 0 Å². The first-order valence-electron chi connectivity index (χ1n) is 12.2. The van der Waals surface area contributed by atoms with E-state index in [1.54, 1.807) is 12.1 Å². The number of piperidine rings is 1. The molecule has 35 heavy (non-hydrogen) atoms. The Morgan fingerprint density at radius 3 is 2.49 bits per heavy atom. The number of carbonyl (C=O) groups excluding carboxylic acids is 2. The highest BCUT2D eigenvalue weighted by molar-refractivity contribution is 6.34. The number of nitrogens with two attached hydrogens (primary N) is 1. The number of halogens is 2. The summed E-state index contributed by atoms with van der Waals surface area (Å²) in [5, 5.41) is 3.90. The molecule has 0 aliphatic carbocycles. The van der Waals surface area contributed by atoms with Crippen LogP contribution in [-0.2, 0) is 0 Å². The standard InChI is InChI=1S/C27H35Cl2N3O3/c1-18-7-8-20(22(28)14-18)25(33)6-4-3-5-11-32-12-9-19(10-13-32)17-31-27(34)21-15-23(29)24(30)16-26(21)35-2/h7-8,14-16,19H,3-6,9-13,17,30H2,1-2H3,(H,31,34). The normalized spacial score (nSPS) is 14.6. The van der Waals surface area contributed by atoms with Gasteiger partial charge >= 0.3 is 0 Å². The van der Waals surface area contributed by atoms with E-state index < -0.39 is 0 Å². The number of hydrogen-bond acceptors (Lipinski definition) is 5. The van der Waals surface area contributed by atoms with Gasteiger partial charge in [-0.2, -0.15) is 0 Å². The third kappa shape index (κ3) is 7.86. The van der Waals surface area contributed by atoms with Crippen molar-refractivity contribution in [3.05, 3.63) is 57.1 Å². The Morgan fingerprint density at radius 1 is 1.06 bits per heavy atom. The monoisotopic (exact) mass is 519 g/mol. The van der Waals surface area contributed by atoms with Gasteiger partial charge in [0.15, 0.2) is 5.78 Å². The molecule has 3 N–H and O–H groups in total. The zero-order valence-electron chi connectivity index (χ0n) is 20.5. The zero-order valence-corrected chi connectivity index (χ0v) is 22.1. The fourth-order valence-corrected chi connectivity index (χ4v) is 4.94. The Hall–Kier alpha value is -2.28. The maximum atomic E-state index is 12.6. The average Bonchev–Trinajstić information content (AvgIpc) is 2.84. The molecule has 6 nitrogen and oxygen atoms in total. The van der Waals surface area contributed by atoms with Crippen molar-refractivity contribution in [3.63, 3.8) is 0 Å². The van der Waals surface area contributed by atoms with Gasteiger partial charge in [0.25, 0.3) is 5.91 Å². The van der Waals surface area contributed by atoms with Crippen LogP contribution in [0, 0.1) is 12.8 Å². The summed E-state index contributed by atoms with van der Waals surface area (Å²) in [4.78, 5) is 27.5. The molecule has 0 bridgehead atoms. The summed E-state index contributed by atoms with van der Waals surface area (Å²) in [6.45, 7) is 5.68. The first-order valence-corrected chi connectivity index (χ1v) is 13.0. The van der Waals surface area contributed by atoms with Gasteiger partial charge in [0.05, 0.1) is 28.4 Å². The number of hydrogen-bond donors (Lipinski definition) is 2. The molecule has 1 aliphatic rings. The predicted molar refractivity (Wildman–Crippen MR) is 143 cm³/mol. The Labute approximate surface area is 218 Å². The van der Waals surface area contributed by atoms with Crippen molar-refractivity contribution in [2.24, 2.45) is 5.92 Å². The van der Waals surface area contributed by atoms with Crippen LogP contribution >= 0.6 is 23.2 Å². The first-order chi connectivity index (χ1) is 16.8. The molecule has 3 rings (SSSR count). The Balaban J connectivity index is 1.31. The number of amides is 1. The second-order valence-corrected chi connectivity index (χ2v) is 10.1. The number of unbranched alkanes of at least 4 members (excludes halogenated alkanes) is 2. The number of benzene rings is 2. The van der Waals surface area contributed by atoms with E-state index >= 15 is 0 Å². The third-order valence-electron chi connectivity index (χ3n) is 6.63. The van der Waals surface area contributed by atoms with Crippen molar-refractivity contribution in [1.29, 1.82) is 0 Å². The first kappa shape index (κ1) is 27.3. The highest BCUT2D eigenvalue weighted by Gasteiger charge is 2.21. The van der Waals surface area contributed by atoms with Crippen LogP contribution in [0.15, 0.2) is 30.3 Å². The van der Waals surface area contributed by atoms with E-state index in [1.165, 1.54) is 7.11 Å².